The summed E-state index contributed by atoms with van der Waals surface area (Å²) in [5.74, 6) is 0.310. The molecule has 0 aromatic carbocycles. The number of nitrogens with one attached hydrogen (secondary N) is 1. The summed E-state index contributed by atoms with van der Waals surface area (Å²) < 4.78 is 0. The lowest BCUT2D eigenvalue weighted by Gasteiger charge is -2.51. The van der Waals surface area contributed by atoms with E-state index >= 15 is 0 Å². The predicted octanol–water partition coefficient (Wildman–Crippen LogP) is 2.28. The number of carbonyl (C=O) groups excluding carboxylic acids is 1. The molecule has 0 saturated heterocycles. The van der Waals surface area contributed by atoms with Gasteiger partial charge < -0.3 is 10.4 Å². The molecule has 1 amide bonds. The van der Waals surface area contributed by atoms with Crippen molar-refractivity contribution in [2.45, 2.75) is 51.7 Å². The van der Waals surface area contributed by atoms with Crippen LogP contribution in [-0.4, -0.2) is 16.7 Å². The van der Waals surface area contributed by atoms with Gasteiger partial charge in [-0.1, -0.05) is 19.1 Å². The van der Waals surface area contributed by atoms with Crippen LogP contribution in [0.25, 0.3) is 0 Å². The minimum Gasteiger partial charge on any atom is -0.367 e. The first-order valence-corrected chi connectivity index (χ1v) is 6.78. The minimum atomic E-state index is -1.09. The summed E-state index contributed by atoms with van der Waals surface area (Å²) in [6.07, 6.45) is 4.76. The van der Waals surface area contributed by atoms with Crippen LogP contribution in [0, 0.1) is 11.3 Å². The number of allylic oxidation sites excluding steroid dienone is 1. The van der Waals surface area contributed by atoms with Crippen LogP contribution in [-0.2, 0) is 4.79 Å². The summed E-state index contributed by atoms with van der Waals surface area (Å²) in [5, 5.41) is 13.5. The van der Waals surface area contributed by atoms with Gasteiger partial charge in [0.05, 0.1) is 0 Å². The van der Waals surface area contributed by atoms with Crippen molar-refractivity contribution in [1.82, 2.24) is 5.32 Å². The number of fused-ring (bicyclic) bond motifs is 2. The Morgan fingerprint density at radius 1 is 1.50 bits per heavy atom. The fourth-order valence-corrected chi connectivity index (χ4v) is 4.23. The minimum absolute atomic E-state index is 0.0749. The zero-order chi connectivity index (χ0) is 13.1. The Morgan fingerprint density at radius 2 is 2.22 bits per heavy atom. The number of rotatable bonds is 0. The van der Waals surface area contributed by atoms with Crippen molar-refractivity contribution in [1.29, 1.82) is 0 Å². The predicted molar refractivity (Wildman–Crippen MR) is 69.6 cm³/mol. The van der Waals surface area contributed by atoms with E-state index in [9.17, 15) is 9.90 Å². The number of hydrogen-bond acceptors (Lipinski definition) is 2. The molecule has 3 nitrogen and oxygen atoms in total. The van der Waals surface area contributed by atoms with E-state index in [2.05, 4.69) is 18.8 Å². The van der Waals surface area contributed by atoms with Gasteiger partial charge in [0, 0.05) is 12.0 Å². The summed E-state index contributed by atoms with van der Waals surface area (Å²) >= 11 is 0. The summed E-state index contributed by atoms with van der Waals surface area (Å²) in [4.78, 5) is 11.8. The Balaban J connectivity index is 2.04. The highest BCUT2D eigenvalue weighted by molar-refractivity contribution is 5.97. The van der Waals surface area contributed by atoms with Crippen LogP contribution in [0.1, 0.15) is 46.0 Å². The Hall–Kier alpha value is -1.09. The Bertz CT molecular complexity index is 479. The summed E-state index contributed by atoms with van der Waals surface area (Å²) in [6, 6.07) is 0. The Morgan fingerprint density at radius 3 is 2.94 bits per heavy atom. The van der Waals surface area contributed by atoms with Crippen LogP contribution < -0.4 is 5.32 Å². The second kappa shape index (κ2) is 3.47. The molecular weight excluding hydrogens is 226 g/mol. The van der Waals surface area contributed by atoms with E-state index in [1.54, 1.807) is 0 Å². The van der Waals surface area contributed by atoms with Crippen LogP contribution in [0.2, 0.25) is 0 Å². The van der Waals surface area contributed by atoms with Crippen molar-refractivity contribution in [2.75, 3.05) is 0 Å². The molecule has 2 fully saturated rings. The highest BCUT2D eigenvalue weighted by Gasteiger charge is 2.55. The lowest BCUT2D eigenvalue weighted by atomic mass is 9.56. The molecular formula is C15H21NO2. The van der Waals surface area contributed by atoms with E-state index in [1.165, 1.54) is 5.57 Å². The van der Waals surface area contributed by atoms with Gasteiger partial charge in [-0.3, -0.25) is 4.79 Å². The van der Waals surface area contributed by atoms with Crippen LogP contribution >= 0.6 is 0 Å². The fraction of sp³-hybridized carbons (Fsp3) is 0.667. The van der Waals surface area contributed by atoms with Gasteiger partial charge in [0.25, 0.3) is 0 Å². The molecule has 3 rings (SSSR count). The van der Waals surface area contributed by atoms with E-state index in [0.717, 1.165) is 31.3 Å². The maximum atomic E-state index is 11.8. The molecule has 0 bridgehead atoms. The molecule has 0 unspecified atom stereocenters. The van der Waals surface area contributed by atoms with Gasteiger partial charge in [0.2, 0.25) is 5.91 Å². The highest BCUT2D eigenvalue weighted by Crippen LogP contribution is 2.57. The number of amides is 1. The van der Waals surface area contributed by atoms with Gasteiger partial charge in [-0.15, -0.1) is 0 Å². The van der Waals surface area contributed by atoms with Crippen LogP contribution in [0.4, 0.5) is 0 Å². The molecule has 3 heteroatoms. The molecule has 3 aliphatic rings. The van der Waals surface area contributed by atoms with Crippen molar-refractivity contribution in [2.24, 2.45) is 11.3 Å². The van der Waals surface area contributed by atoms with Gasteiger partial charge >= 0.3 is 0 Å². The number of aliphatic hydroxyl groups is 1. The summed E-state index contributed by atoms with van der Waals surface area (Å²) in [7, 11) is 0. The normalized spacial score (nSPS) is 43.6. The van der Waals surface area contributed by atoms with E-state index in [4.69, 9.17) is 0 Å². The second-order valence-corrected chi connectivity index (χ2v) is 6.52. The average molecular weight is 247 g/mol. The Kier molecular flexibility index (Phi) is 2.31. The largest absolute Gasteiger partial charge is 0.367 e. The average Bonchev–Trinajstić information content (AvgIpc) is 2.46. The van der Waals surface area contributed by atoms with E-state index in [-0.39, 0.29) is 11.3 Å². The first kappa shape index (κ1) is 12.0. The molecule has 2 aliphatic carbocycles. The molecule has 0 spiro atoms. The molecule has 1 heterocycles. The van der Waals surface area contributed by atoms with Crippen molar-refractivity contribution in [3.63, 3.8) is 0 Å². The lowest BCUT2D eigenvalue weighted by Crippen LogP contribution is -2.54. The van der Waals surface area contributed by atoms with Crippen molar-refractivity contribution in [3.8, 4) is 0 Å². The third kappa shape index (κ3) is 1.43. The van der Waals surface area contributed by atoms with Gasteiger partial charge in [0.15, 0.2) is 5.72 Å². The van der Waals surface area contributed by atoms with E-state index in [0.29, 0.717) is 17.9 Å². The molecule has 3 atom stereocenters. The SMILES string of the molecule is C=C1CCC[C@]2(C)C[C@]3(O)NC(=O)C(C)=C3C[C@@H]12. The molecule has 0 aromatic rings. The fourth-order valence-electron chi connectivity index (χ4n) is 4.23. The summed E-state index contributed by atoms with van der Waals surface area (Å²) in [6.45, 7) is 8.26. The van der Waals surface area contributed by atoms with Crippen molar-refractivity contribution in [3.05, 3.63) is 23.3 Å². The molecule has 0 radical (unpaired) electrons. The zero-order valence-electron chi connectivity index (χ0n) is 11.2. The van der Waals surface area contributed by atoms with Crippen molar-refractivity contribution < 1.29 is 9.90 Å². The van der Waals surface area contributed by atoms with Gasteiger partial charge in [-0.2, -0.15) is 0 Å². The highest BCUT2D eigenvalue weighted by atomic mass is 16.3. The molecule has 2 N–H and O–H groups in total. The standard InChI is InChI=1S/C15H21NO2/c1-9-5-4-6-14(3)8-15(18)12(7-11(9)14)10(2)13(17)16-15/h11,18H,1,4-8H2,2-3H3,(H,16,17)/t11-,14+,15+/m0/s1. The van der Waals surface area contributed by atoms with Gasteiger partial charge in [-0.25, -0.2) is 0 Å². The van der Waals surface area contributed by atoms with Crippen LogP contribution in [0.3, 0.4) is 0 Å². The Labute approximate surface area is 108 Å². The molecule has 98 valence electrons. The maximum absolute atomic E-state index is 11.8. The van der Waals surface area contributed by atoms with Gasteiger partial charge in [-0.05, 0) is 49.5 Å². The zero-order valence-corrected chi connectivity index (χ0v) is 11.2. The molecule has 18 heavy (non-hydrogen) atoms. The molecule has 1 aliphatic heterocycles. The number of carbonyl (C=O) groups is 1. The topological polar surface area (TPSA) is 49.3 Å². The van der Waals surface area contributed by atoms with E-state index in [1.807, 2.05) is 6.92 Å². The lowest BCUT2D eigenvalue weighted by molar-refractivity contribution is -0.123. The summed E-state index contributed by atoms with van der Waals surface area (Å²) in [5.41, 5.74) is 1.89. The van der Waals surface area contributed by atoms with Gasteiger partial charge in [0.1, 0.15) is 0 Å². The smallest absolute Gasteiger partial charge is 0.249 e. The molecule has 0 aromatic heterocycles. The van der Waals surface area contributed by atoms with E-state index < -0.39 is 5.72 Å². The third-order valence-electron chi connectivity index (χ3n) is 5.26. The van der Waals surface area contributed by atoms with Crippen molar-refractivity contribution >= 4 is 5.91 Å². The first-order valence-electron chi connectivity index (χ1n) is 6.78. The first-order chi connectivity index (χ1) is 8.36. The van der Waals surface area contributed by atoms with Crippen LogP contribution in [0.15, 0.2) is 23.3 Å². The number of hydrogen-bond donors (Lipinski definition) is 2. The second-order valence-electron chi connectivity index (χ2n) is 6.52. The quantitative estimate of drug-likeness (QED) is 0.645. The van der Waals surface area contributed by atoms with Crippen LogP contribution in [0.5, 0.6) is 0 Å². The third-order valence-corrected chi connectivity index (χ3v) is 5.26. The monoisotopic (exact) mass is 247 g/mol. The maximum Gasteiger partial charge on any atom is 0.249 e. The molecule has 2 saturated carbocycles.